The van der Waals surface area contributed by atoms with Gasteiger partial charge in [0, 0.05) is 24.4 Å². The van der Waals surface area contributed by atoms with Crippen LogP contribution in [0.25, 0.3) is 0 Å². The summed E-state index contributed by atoms with van der Waals surface area (Å²) in [6, 6.07) is 6.69. The number of nitrogens with zero attached hydrogens (tertiary/aromatic N) is 4. The van der Waals surface area contributed by atoms with E-state index in [4.69, 9.17) is 11.6 Å². The van der Waals surface area contributed by atoms with Crippen LogP contribution in [-0.4, -0.2) is 19.9 Å². The lowest BCUT2D eigenvalue weighted by molar-refractivity contribution is -0.385. The highest BCUT2D eigenvalue weighted by molar-refractivity contribution is 6.16. The maximum absolute atomic E-state index is 10.8. The third kappa shape index (κ3) is 2.84. The van der Waals surface area contributed by atoms with Crippen molar-refractivity contribution in [3.63, 3.8) is 0 Å². The van der Waals surface area contributed by atoms with Crippen LogP contribution < -0.4 is 0 Å². The number of nitro benzene ring substituents is 1. The zero-order valence-corrected chi connectivity index (χ0v) is 10.2. The quantitative estimate of drug-likeness (QED) is 0.472. The molecule has 1 aromatic carbocycles. The van der Waals surface area contributed by atoms with Crippen LogP contribution in [0.15, 0.2) is 30.5 Å². The maximum Gasteiger partial charge on any atom is 0.272 e. The largest absolute Gasteiger partial charge is 0.272 e. The number of rotatable bonds is 5. The summed E-state index contributed by atoms with van der Waals surface area (Å²) in [5, 5.41) is 18.6. The Kier molecular flexibility index (Phi) is 3.88. The van der Waals surface area contributed by atoms with Crippen molar-refractivity contribution in [2.75, 3.05) is 0 Å². The van der Waals surface area contributed by atoms with Gasteiger partial charge in [-0.05, 0) is 6.42 Å². The molecule has 0 bridgehead atoms. The van der Waals surface area contributed by atoms with Crippen LogP contribution in [0.5, 0.6) is 0 Å². The molecule has 1 aromatic heterocycles. The molecule has 0 atom stereocenters. The Balaban J connectivity index is 2.08. The van der Waals surface area contributed by atoms with E-state index < -0.39 is 0 Å². The predicted octanol–water partition coefficient (Wildman–Crippen LogP) is 2.17. The van der Waals surface area contributed by atoms with Crippen LogP contribution in [-0.2, 0) is 18.8 Å². The lowest BCUT2D eigenvalue weighted by atomic mass is 10.1. The fraction of sp³-hybridized carbons (Fsp3) is 0.273. The summed E-state index contributed by atoms with van der Waals surface area (Å²) in [5.74, 6) is 0.311. The molecular weight excluding hydrogens is 256 g/mol. The predicted molar refractivity (Wildman–Crippen MR) is 66.4 cm³/mol. The van der Waals surface area contributed by atoms with E-state index in [1.54, 1.807) is 29.1 Å². The van der Waals surface area contributed by atoms with Crippen molar-refractivity contribution in [2.45, 2.75) is 18.8 Å². The van der Waals surface area contributed by atoms with E-state index in [2.05, 4.69) is 10.3 Å². The number of aromatic nitrogens is 3. The van der Waals surface area contributed by atoms with Gasteiger partial charge in [0.2, 0.25) is 0 Å². The van der Waals surface area contributed by atoms with E-state index >= 15 is 0 Å². The number of alkyl halides is 1. The number of hydrogen-bond acceptors (Lipinski definition) is 4. The van der Waals surface area contributed by atoms with Gasteiger partial charge in [-0.1, -0.05) is 23.4 Å². The van der Waals surface area contributed by atoms with Gasteiger partial charge in [-0.2, -0.15) is 0 Å². The molecule has 0 aliphatic rings. The Morgan fingerprint density at radius 2 is 2.17 bits per heavy atom. The van der Waals surface area contributed by atoms with Gasteiger partial charge in [0.15, 0.2) is 0 Å². The van der Waals surface area contributed by atoms with Gasteiger partial charge in [0.05, 0.1) is 16.5 Å². The van der Waals surface area contributed by atoms with Gasteiger partial charge < -0.3 is 0 Å². The molecule has 7 heteroatoms. The summed E-state index contributed by atoms with van der Waals surface area (Å²) in [4.78, 5) is 10.5. The zero-order chi connectivity index (χ0) is 13.0. The second-order valence-electron chi connectivity index (χ2n) is 3.74. The molecular formula is C11H11ClN4O2. The molecule has 2 rings (SSSR count). The van der Waals surface area contributed by atoms with Crippen LogP contribution in [0.2, 0.25) is 0 Å². The molecule has 0 fully saturated rings. The van der Waals surface area contributed by atoms with Crippen molar-refractivity contribution >= 4 is 17.3 Å². The highest BCUT2D eigenvalue weighted by Gasteiger charge is 2.12. The first-order valence-corrected chi connectivity index (χ1v) is 5.91. The summed E-state index contributed by atoms with van der Waals surface area (Å²) >= 11 is 5.62. The molecule has 1 heterocycles. The molecule has 18 heavy (non-hydrogen) atoms. The average molecular weight is 267 g/mol. The van der Waals surface area contributed by atoms with E-state index in [-0.39, 0.29) is 10.6 Å². The molecule has 94 valence electrons. The van der Waals surface area contributed by atoms with Crippen molar-refractivity contribution in [3.8, 4) is 0 Å². The third-order valence-corrected chi connectivity index (χ3v) is 2.80. The number of halogens is 1. The number of benzene rings is 1. The van der Waals surface area contributed by atoms with Crippen LogP contribution in [0.1, 0.15) is 11.3 Å². The first kappa shape index (κ1) is 12.5. The monoisotopic (exact) mass is 266 g/mol. The molecule has 0 saturated heterocycles. The average Bonchev–Trinajstić information content (AvgIpc) is 2.84. The minimum Gasteiger partial charge on any atom is -0.258 e. The van der Waals surface area contributed by atoms with Crippen LogP contribution in [0.3, 0.4) is 0 Å². The topological polar surface area (TPSA) is 73.8 Å². The van der Waals surface area contributed by atoms with Gasteiger partial charge in [-0.3, -0.25) is 14.8 Å². The first-order chi connectivity index (χ1) is 8.70. The fourth-order valence-electron chi connectivity index (χ4n) is 1.64. The molecule has 0 spiro atoms. The highest BCUT2D eigenvalue weighted by atomic mass is 35.5. The molecule has 0 N–H and O–H groups in total. The van der Waals surface area contributed by atoms with Crippen LogP contribution >= 0.6 is 11.6 Å². The van der Waals surface area contributed by atoms with Gasteiger partial charge in [-0.15, -0.1) is 16.7 Å². The Morgan fingerprint density at radius 1 is 1.39 bits per heavy atom. The van der Waals surface area contributed by atoms with Crippen LogP contribution in [0.4, 0.5) is 5.69 Å². The van der Waals surface area contributed by atoms with E-state index in [0.717, 1.165) is 0 Å². The van der Waals surface area contributed by atoms with Gasteiger partial charge in [-0.25, -0.2) is 0 Å². The lowest BCUT2D eigenvalue weighted by Crippen LogP contribution is -2.04. The standard InChI is InChI=1S/C11H11ClN4O2/c12-7-10-8-15(14-13-10)6-5-9-3-1-2-4-11(9)16(17)18/h1-4,8H,5-7H2. The van der Waals surface area contributed by atoms with Crippen molar-refractivity contribution < 1.29 is 4.92 Å². The summed E-state index contributed by atoms with van der Waals surface area (Å²) in [6.45, 7) is 0.536. The minimum absolute atomic E-state index is 0.134. The van der Waals surface area contributed by atoms with Crippen molar-refractivity contribution in [1.82, 2.24) is 15.0 Å². The van der Waals surface area contributed by atoms with Crippen molar-refractivity contribution in [1.29, 1.82) is 0 Å². The second kappa shape index (κ2) is 5.59. The van der Waals surface area contributed by atoms with Crippen molar-refractivity contribution in [3.05, 3.63) is 51.8 Å². The summed E-state index contributed by atoms with van der Waals surface area (Å²) in [7, 11) is 0. The third-order valence-electron chi connectivity index (χ3n) is 2.52. The molecule has 0 aliphatic heterocycles. The highest BCUT2D eigenvalue weighted by Crippen LogP contribution is 2.18. The molecule has 0 amide bonds. The van der Waals surface area contributed by atoms with E-state index in [9.17, 15) is 10.1 Å². The Bertz CT molecular complexity index is 555. The molecule has 0 unspecified atom stereocenters. The van der Waals surface area contributed by atoms with Crippen LogP contribution in [0, 0.1) is 10.1 Å². The van der Waals surface area contributed by atoms with Crippen molar-refractivity contribution in [2.24, 2.45) is 0 Å². The van der Waals surface area contributed by atoms with E-state index in [1.165, 1.54) is 6.07 Å². The normalized spacial score (nSPS) is 10.5. The number of para-hydroxylation sites is 1. The van der Waals surface area contributed by atoms with E-state index in [0.29, 0.717) is 30.1 Å². The Morgan fingerprint density at radius 3 is 2.83 bits per heavy atom. The zero-order valence-electron chi connectivity index (χ0n) is 9.49. The minimum atomic E-state index is -0.374. The fourth-order valence-corrected chi connectivity index (χ4v) is 1.77. The van der Waals surface area contributed by atoms with Gasteiger partial charge in [0.1, 0.15) is 0 Å². The molecule has 0 aliphatic carbocycles. The smallest absolute Gasteiger partial charge is 0.258 e. The molecule has 6 nitrogen and oxygen atoms in total. The molecule has 0 radical (unpaired) electrons. The number of hydrogen-bond donors (Lipinski definition) is 0. The van der Waals surface area contributed by atoms with Gasteiger partial charge >= 0.3 is 0 Å². The summed E-state index contributed by atoms with van der Waals surface area (Å²) < 4.78 is 1.63. The number of aryl methyl sites for hydroxylation is 2. The lowest BCUT2D eigenvalue weighted by Gasteiger charge is -2.02. The molecule has 2 aromatic rings. The number of nitro groups is 1. The second-order valence-corrected chi connectivity index (χ2v) is 4.01. The maximum atomic E-state index is 10.8. The Hall–Kier alpha value is -1.95. The molecule has 0 saturated carbocycles. The SMILES string of the molecule is O=[N+]([O-])c1ccccc1CCn1cc(CCl)nn1. The first-order valence-electron chi connectivity index (χ1n) is 5.38. The summed E-state index contributed by atoms with van der Waals surface area (Å²) in [6.07, 6.45) is 2.27. The summed E-state index contributed by atoms with van der Waals surface area (Å²) in [5.41, 5.74) is 1.51. The Labute approximate surface area is 108 Å². The van der Waals surface area contributed by atoms with E-state index in [1.807, 2.05) is 0 Å². The van der Waals surface area contributed by atoms with Gasteiger partial charge in [0.25, 0.3) is 5.69 Å².